The quantitative estimate of drug-likeness (QED) is 0.850. The number of rotatable bonds is 4. The zero-order valence-electron chi connectivity index (χ0n) is 12.0. The highest BCUT2D eigenvalue weighted by molar-refractivity contribution is 5.48. The van der Waals surface area contributed by atoms with Crippen molar-refractivity contribution in [2.75, 3.05) is 6.61 Å². The minimum Gasteiger partial charge on any atom is -0.494 e. The van der Waals surface area contributed by atoms with E-state index in [1.165, 1.54) is 5.56 Å². The van der Waals surface area contributed by atoms with E-state index in [0.717, 1.165) is 29.3 Å². The van der Waals surface area contributed by atoms with Gasteiger partial charge in [-0.2, -0.15) is 0 Å². The smallest absolute Gasteiger partial charge is 0.148 e. The molecule has 6 heteroatoms. The lowest BCUT2D eigenvalue weighted by Gasteiger charge is -2.12. The Labute approximate surface area is 117 Å². The molecule has 0 radical (unpaired) electrons. The number of hydrogen-bond donors (Lipinski definition) is 0. The van der Waals surface area contributed by atoms with E-state index in [1.54, 1.807) is 4.68 Å². The summed E-state index contributed by atoms with van der Waals surface area (Å²) in [5.41, 5.74) is 2.24. The lowest BCUT2D eigenvalue weighted by molar-refractivity contribution is 0.254. The Morgan fingerprint density at radius 1 is 1.45 bits per heavy atom. The van der Waals surface area contributed by atoms with Gasteiger partial charge < -0.3 is 9.47 Å². The summed E-state index contributed by atoms with van der Waals surface area (Å²) in [6.45, 7) is 7.16. The molecule has 106 valence electrons. The number of tetrazole rings is 1. The Bertz CT molecular complexity index is 624. The third kappa shape index (κ3) is 2.33. The minimum atomic E-state index is 0.226. The lowest BCUT2D eigenvalue weighted by Crippen LogP contribution is -2.07. The zero-order chi connectivity index (χ0) is 14.1. The van der Waals surface area contributed by atoms with Crippen LogP contribution in [0.15, 0.2) is 12.1 Å². The molecule has 0 bridgehead atoms. The van der Waals surface area contributed by atoms with E-state index in [0.29, 0.717) is 13.2 Å². The molecule has 1 atom stereocenters. The first-order valence-corrected chi connectivity index (χ1v) is 6.85. The van der Waals surface area contributed by atoms with E-state index >= 15 is 0 Å². The van der Waals surface area contributed by atoms with Crippen LogP contribution in [0.3, 0.4) is 0 Å². The molecule has 1 aromatic heterocycles. The van der Waals surface area contributed by atoms with Crippen molar-refractivity contribution in [2.24, 2.45) is 0 Å². The monoisotopic (exact) mass is 274 g/mol. The van der Waals surface area contributed by atoms with Crippen molar-refractivity contribution in [3.05, 3.63) is 29.1 Å². The summed E-state index contributed by atoms with van der Waals surface area (Å²) >= 11 is 0. The summed E-state index contributed by atoms with van der Waals surface area (Å²) in [6, 6.07) is 4.13. The summed E-state index contributed by atoms with van der Waals surface area (Å²) in [5, 5.41) is 11.6. The maximum absolute atomic E-state index is 5.81. The summed E-state index contributed by atoms with van der Waals surface area (Å²) in [5.74, 6) is 2.61. The molecular weight excluding hydrogens is 256 g/mol. The van der Waals surface area contributed by atoms with Crippen molar-refractivity contribution in [3.8, 4) is 11.5 Å². The lowest BCUT2D eigenvalue weighted by atomic mass is 10.1. The van der Waals surface area contributed by atoms with Crippen molar-refractivity contribution < 1.29 is 9.47 Å². The molecule has 0 fully saturated rings. The van der Waals surface area contributed by atoms with Gasteiger partial charge in [-0.25, -0.2) is 4.68 Å². The number of benzene rings is 1. The Kier molecular flexibility index (Phi) is 3.30. The predicted molar refractivity (Wildman–Crippen MR) is 73.1 cm³/mol. The van der Waals surface area contributed by atoms with E-state index in [2.05, 4.69) is 28.5 Å². The minimum absolute atomic E-state index is 0.226. The molecule has 0 aliphatic carbocycles. The van der Waals surface area contributed by atoms with Crippen molar-refractivity contribution in [1.29, 1.82) is 0 Å². The van der Waals surface area contributed by atoms with Crippen LogP contribution in [-0.2, 0) is 13.0 Å². The van der Waals surface area contributed by atoms with Crippen molar-refractivity contribution >= 4 is 0 Å². The molecule has 2 aromatic rings. The van der Waals surface area contributed by atoms with E-state index in [1.807, 2.05) is 19.9 Å². The van der Waals surface area contributed by atoms with Crippen LogP contribution in [0.1, 0.15) is 30.8 Å². The molecule has 1 aliphatic rings. The van der Waals surface area contributed by atoms with Crippen LogP contribution in [0.5, 0.6) is 11.5 Å². The second kappa shape index (κ2) is 5.11. The fourth-order valence-corrected chi connectivity index (χ4v) is 2.45. The molecule has 1 aliphatic heterocycles. The van der Waals surface area contributed by atoms with Gasteiger partial charge in [0, 0.05) is 17.5 Å². The molecule has 0 saturated heterocycles. The van der Waals surface area contributed by atoms with Crippen LogP contribution in [-0.4, -0.2) is 32.9 Å². The van der Waals surface area contributed by atoms with Gasteiger partial charge in [-0.15, -0.1) is 5.10 Å². The first-order chi connectivity index (χ1) is 9.67. The Morgan fingerprint density at radius 2 is 2.30 bits per heavy atom. The highest BCUT2D eigenvalue weighted by atomic mass is 16.5. The number of hydrogen-bond acceptors (Lipinski definition) is 5. The molecule has 0 amide bonds. The van der Waals surface area contributed by atoms with E-state index < -0.39 is 0 Å². The maximum atomic E-state index is 5.81. The highest BCUT2D eigenvalue weighted by Crippen LogP contribution is 2.35. The van der Waals surface area contributed by atoms with E-state index in [-0.39, 0.29) is 6.10 Å². The fourth-order valence-electron chi connectivity index (χ4n) is 2.45. The predicted octanol–water partition coefficient (Wildman–Crippen LogP) is 1.75. The topological polar surface area (TPSA) is 62.1 Å². The van der Waals surface area contributed by atoms with Gasteiger partial charge in [-0.1, -0.05) is 0 Å². The second-order valence-corrected chi connectivity index (χ2v) is 5.02. The van der Waals surface area contributed by atoms with Crippen LogP contribution in [0.25, 0.3) is 0 Å². The van der Waals surface area contributed by atoms with Crippen LogP contribution in [0.4, 0.5) is 0 Å². The van der Waals surface area contributed by atoms with Gasteiger partial charge in [0.15, 0.2) is 0 Å². The summed E-state index contributed by atoms with van der Waals surface area (Å²) < 4.78 is 13.3. The maximum Gasteiger partial charge on any atom is 0.148 e. The van der Waals surface area contributed by atoms with Gasteiger partial charge in [0.25, 0.3) is 0 Å². The number of ether oxygens (including phenoxy) is 2. The Balaban J connectivity index is 1.96. The average Bonchev–Trinajstić information content (AvgIpc) is 2.96. The molecule has 0 unspecified atom stereocenters. The molecular formula is C14H18N4O2. The summed E-state index contributed by atoms with van der Waals surface area (Å²) in [7, 11) is 0. The van der Waals surface area contributed by atoms with Gasteiger partial charge >= 0.3 is 0 Å². The normalized spacial score (nSPS) is 16.9. The average molecular weight is 274 g/mol. The molecule has 6 nitrogen and oxygen atoms in total. The molecule has 0 spiro atoms. The largest absolute Gasteiger partial charge is 0.494 e. The SMILES string of the molecule is CCOc1cc2c(cc1Cn1nnnc1C)O[C@H](C)C2. The zero-order valence-corrected chi connectivity index (χ0v) is 12.0. The van der Waals surface area contributed by atoms with E-state index in [9.17, 15) is 0 Å². The third-order valence-electron chi connectivity index (χ3n) is 3.41. The van der Waals surface area contributed by atoms with Gasteiger partial charge in [-0.05, 0) is 43.3 Å². The van der Waals surface area contributed by atoms with Gasteiger partial charge in [0.2, 0.25) is 0 Å². The summed E-state index contributed by atoms with van der Waals surface area (Å²) in [6.07, 6.45) is 1.16. The Hall–Kier alpha value is -2.11. The van der Waals surface area contributed by atoms with Gasteiger partial charge in [-0.3, -0.25) is 0 Å². The highest BCUT2D eigenvalue weighted by Gasteiger charge is 2.22. The molecule has 2 heterocycles. The molecule has 20 heavy (non-hydrogen) atoms. The fraction of sp³-hybridized carbons (Fsp3) is 0.500. The first-order valence-electron chi connectivity index (χ1n) is 6.85. The first kappa shape index (κ1) is 12.9. The molecule has 0 N–H and O–H groups in total. The Morgan fingerprint density at radius 3 is 3.00 bits per heavy atom. The number of nitrogens with zero attached hydrogens (tertiary/aromatic N) is 4. The molecule has 0 saturated carbocycles. The van der Waals surface area contributed by atoms with Gasteiger partial charge in [0.05, 0.1) is 13.2 Å². The van der Waals surface area contributed by atoms with Gasteiger partial charge in [0.1, 0.15) is 23.4 Å². The van der Waals surface area contributed by atoms with Crippen molar-refractivity contribution in [1.82, 2.24) is 20.2 Å². The van der Waals surface area contributed by atoms with Crippen LogP contribution < -0.4 is 9.47 Å². The number of fused-ring (bicyclic) bond motifs is 1. The standard InChI is InChI=1S/C14H18N4O2/c1-4-19-13-6-11-5-9(2)20-14(11)7-12(13)8-18-10(3)15-16-17-18/h6-7,9H,4-5,8H2,1-3H3/t9-/m1/s1. The van der Waals surface area contributed by atoms with Crippen molar-refractivity contribution in [2.45, 2.75) is 39.8 Å². The number of aryl methyl sites for hydroxylation is 1. The van der Waals surface area contributed by atoms with E-state index in [4.69, 9.17) is 9.47 Å². The molecule has 1 aromatic carbocycles. The second-order valence-electron chi connectivity index (χ2n) is 5.02. The van der Waals surface area contributed by atoms with Crippen molar-refractivity contribution in [3.63, 3.8) is 0 Å². The van der Waals surface area contributed by atoms with Crippen LogP contribution >= 0.6 is 0 Å². The third-order valence-corrected chi connectivity index (χ3v) is 3.41. The van der Waals surface area contributed by atoms with Crippen LogP contribution in [0.2, 0.25) is 0 Å². The summed E-state index contributed by atoms with van der Waals surface area (Å²) in [4.78, 5) is 0. The molecule has 3 rings (SSSR count). The van der Waals surface area contributed by atoms with Crippen LogP contribution in [0, 0.1) is 6.92 Å². The number of aromatic nitrogens is 4.